The number of benzene rings is 1. The highest BCUT2D eigenvalue weighted by Gasteiger charge is 2.36. The van der Waals surface area contributed by atoms with E-state index in [0.29, 0.717) is 19.6 Å². The van der Waals surface area contributed by atoms with E-state index in [2.05, 4.69) is 43.0 Å². The number of carbonyl (C=O) groups excluding carboxylic acids is 1. The second-order valence-electron chi connectivity index (χ2n) is 9.88. The first kappa shape index (κ1) is 24.6. The van der Waals surface area contributed by atoms with Crippen molar-refractivity contribution in [1.29, 1.82) is 0 Å². The normalized spacial score (nSPS) is 13.5. The van der Waals surface area contributed by atoms with Crippen LogP contribution in [0.2, 0.25) is 0 Å². The zero-order chi connectivity index (χ0) is 24.1. The number of nitrogens with one attached hydrogen (secondary N) is 2. The fourth-order valence-electron chi connectivity index (χ4n) is 4.12. The smallest absolute Gasteiger partial charge is 0.312 e. The summed E-state index contributed by atoms with van der Waals surface area (Å²) in [7, 11) is 0. The van der Waals surface area contributed by atoms with Gasteiger partial charge in [0.15, 0.2) is 0 Å². The standard InChI is InChI=1S/C27H37N3O3/c1-7-14-27(6,25(31)32-8-2)17-23-24(30-26(3,4)5)21-16-20(12-13-22(21)29-23)33-18-19-11-9-10-15-28-19/h9-13,15-16,29-30H,7-8,14,17-18H2,1-6H3. The minimum Gasteiger partial charge on any atom is -0.487 e. The van der Waals surface area contributed by atoms with Crippen molar-refractivity contribution in [2.24, 2.45) is 5.41 Å². The van der Waals surface area contributed by atoms with E-state index < -0.39 is 5.41 Å². The van der Waals surface area contributed by atoms with Gasteiger partial charge >= 0.3 is 5.97 Å². The van der Waals surface area contributed by atoms with Crippen LogP contribution in [0.5, 0.6) is 5.75 Å². The van der Waals surface area contributed by atoms with Crippen LogP contribution in [0.1, 0.15) is 65.8 Å². The molecule has 2 N–H and O–H groups in total. The molecule has 2 aromatic heterocycles. The molecule has 0 saturated heterocycles. The molecule has 1 atom stereocenters. The Morgan fingerprint density at radius 3 is 2.55 bits per heavy atom. The average Bonchev–Trinajstić information content (AvgIpc) is 3.08. The second kappa shape index (κ2) is 10.3. The van der Waals surface area contributed by atoms with Crippen molar-refractivity contribution < 1.29 is 14.3 Å². The van der Waals surface area contributed by atoms with Gasteiger partial charge in [-0.1, -0.05) is 19.4 Å². The number of hydrogen-bond donors (Lipinski definition) is 2. The zero-order valence-electron chi connectivity index (χ0n) is 20.7. The lowest BCUT2D eigenvalue weighted by atomic mass is 9.80. The molecule has 1 aromatic carbocycles. The van der Waals surface area contributed by atoms with Gasteiger partial charge in [0.25, 0.3) is 0 Å². The van der Waals surface area contributed by atoms with Gasteiger partial charge in [-0.15, -0.1) is 0 Å². The van der Waals surface area contributed by atoms with E-state index in [1.54, 1.807) is 6.20 Å². The topological polar surface area (TPSA) is 76.2 Å². The van der Waals surface area contributed by atoms with Crippen molar-refractivity contribution in [1.82, 2.24) is 9.97 Å². The Labute approximate surface area is 197 Å². The highest BCUT2D eigenvalue weighted by Crippen LogP contribution is 2.38. The number of carbonyl (C=O) groups is 1. The van der Waals surface area contributed by atoms with E-state index in [0.717, 1.165) is 46.6 Å². The summed E-state index contributed by atoms with van der Waals surface area (Å²) in [5, 5.41) is 4.70. The number of ether oxygens (including phenoxy) is 2. The van der Waals surface area contributed by atoms with Crippen LogP contribution in [0, 0.1) is 5.41 Å². The Hall–Kier alpha value is -3.02. The molecule has 6 heteroatoms. The fraction of sp³-hybridized carbons (Fsp3) is 0.481. The summed E-state index contributed by atoms with van der Waals surface area (Å²) in [6.07, 6.45) is 4.00. The van der Waals surface area contributed by atoms with Crippen LogP contribution in [0.4, 0.5) is 5.69 Å². The number of pyridine rings is 1. The van der Waals surface area contributed by atoms with Gasteiger partial charge in [-0.05, 0) is 71.4 Å². The molecule has 0 radical (unpaired) electrons. The number of fused-ring (bicyclic) bond motifs is 1. The summed E-state index contributed by atoms with van der Waals surface area (Å²) in [6.45, 7) is 13.1. The van der Waals surface area contributed by atoms with Crippen LogP contribution in [0.15, 0.2) is 42.6 Å². The summed E-state index contributed by atoms with van der Waals surface area (Å²) in [4.78, 5) is 20.8. The van der Waals surface area contributed by atoms with Crippen molar-refractivity contribution in [2.75, 3.05) is 11.9 Å². The molecule has 0 aliphatic heterocycles. The third kappa shape index (κ3) is 6.28. The number of hydrogen-bond acceptors (Lipinski definition) is 5. The summed E-state index contributed by atoms with van der Waals surface area (Å²) in [6, 6.07) is 11.8. The molecule has 6 nitrogen and oxygen atoms in total. The number of H-pyrrole nitrogens is 1. The maximum atomic E-state index is 12.9. The first-order valence-corrected chi connectivity index (χ1v) is 11.8. The van der Waals surface area contributed by atoms with Crippen LogP contribution >= 0.6 is 0 Å². The largest absolute Gasteiger partial charge is 0.487 e. The van der Waals surface area contributed by atoms with Gasteiger partial charge in [0.05, 0.1) is 23.4 Å². The van der Waals surface area contributed by atoms with E-state index >= 15 is 0 Å². The van der Waals surface area contributed by atoms with Gasteiger partial charge in [-0.2, -0.15) is 0 Å². The Balaban J connectivity index is 1.97. The molecule has 0 saturated carbocycles. The molecule has 1 unspecified atom stereocenters. The Bertz CT molecular complexity index is 1070. The van der Waals surface area contributed by atoms with Crippen molar-refractivity contribution in [3.8, 4) is 5.75 Å². The first-order valence-electron chi connectivity index (χ1n) is 11.8. The first-order chi connectivity index (χ1) is 15.6. The number of esters is 1. The maximum Gasteiger partial charge on any atom is 0.312 e. The third-order valence-electron chi connectivity index (χ3n) is 5.60. The quantitative estimate of drug-likeness (QED) is 0.356. The highest BCUT2D eigenvalue weighted by atomic mass is 16.5. The molecule has 3 rings (SSSR count). The van der Waals surface area contributed by atoms with Gasteiger partial charge in [0, 0.05) is 34.8 Å². The van der Waals surface area contributed by atoms with Gasteiger partial charge in [-0.25, -0.2) is 0 Å². The predicted molar refractivity (Wildman–Crippen MR) is 134 cm³/mol. The number of aromatic nitrogens is 2. The van der Waals surface area contributed by atoms with E-state index in [4.69, 9.17) is 9.47 Å². The van der Waals surface area contributed by atoms with Crippen LogP contribution in [-0.4, -0.2) is 28.1 Å². The SMILES string of the molecule is CCCC(C)(Cc1[nH]c2ccc(OCc3ccccn3)cc2c1NC(C)(C)C)C(=O)OCC. The summed E-state index contributed by atoms with van der Waals surface area (Å²) < 4.78 is 11.5. The van der Waals surface area contributed by atoms with Crippen molar-refractivity contribution in [2.45, 2.75) is 73.0 Å². The molecular formula is C27H37N3O3. The lowest BCUT2D eigenvalue weighted by Gasteiger charge is -2.28. The lowest BCUT2D eigenvalue weighted by Crippen LogP contribution is -2.33. The number of rotatable bonds is 10. The van der Waals surface area contributed by atoms with E-state index in [9.17, 15) is 4.79 Å². The van der Waals surface area contributed by atoms with Gasteiger partial charge < -0.3 is 19.8 Å². The molecule has 3 aromatic rings. The average molecular weight is 452 g/mol. The Kier molecular flexibility index (Phi) is 7.67. The summed E-state index contributed by atoms with van der Waals surface area (Å²) in [5.74, 6) is 0.629. The van der Waals surface area contributed by atoms with Crippen LogP contribution < -0.4 is 10.1 Å². The fourth-order valence-corrected chi connectivity index (χ4v) is 4.12. The second-order valence-corrected chi connectivity index (χ2v) is 9.88. The number of anilines is 1. The monoisotopic (exact) mass is 451 g/mol. The van der Waals surface area contributed by atoms with E-state index in [1.807, 2.05) is 50.2 Å². The van der Waals surface area contributed by atoms with E-state index in [1.165, 1.54) is 0 Å². The molecule has 2 heterocycles. The van der Waals surface area contributed by atoms with Gasteiger partial charge in [-0.3, -0.25) is 9.78 Å². The van der Waals surface area contributed by atoms with Crippen LogP contribution in [0.25, 0.3) is 10.9 Å². The summed E-state index contributed by atoms with van der Waals surface area (Å²) >= 11 is 0. The van der Waals surface area contributed by atoms with Crippen molar-refractivity contribution >= 4 is 22.6 Å². The number of nitrogens with zero attached hydrogens (tertiary/aromatic N) is 1. The molecule has 0 aliphatic carbocycles. The van der Waals surface area contributed by atoms with Crippen molar-refractivity contribution in [3.63, 3.8) is 0 Å². The molecule has 178 valence electrons. The molecular weight excluding hydrogens is 414 g/mol. The number of aromatic amines is 1. The molecule has 0 spiro atoms. The zero-order valence-corrected chi connectivity index (χ0v) is 20.7. The van der Waals surface area contributed by atoms with Crippen LogP contribution in [-0.2, 0) is 22.6 Å². The molecule has 0 fully saturated rings. The molecule has 0 aliphatic rings. The maximum absolute atomic E-state index is 12.9. The molecule has 33 heavy (non-hydrogen) atoms. The predicted octanol–water partition coefficient (Wildman–Crippen LogP) is 6.26. The third-order valence-corrected chi connectivity index (χ3v) is 5.60. The minimum absolute atomic E-state index is 0.147. The summed E-state index contributed by atoms with van der Waals surface area (Å²) in [5.41, 5.74) is 3.14. The Morgan fingerprint density at radius 1 is 1.12 bits per heavy atom. The van der Waals surface area contributed by atoms with Gasteiger partial charge in [0.2, 0.25) is 0 Å². The minimum atomic E-state index is -0.599. The Morgan fingerprint density at radius 2 is 1.91 bits per heavy atom. The van der Waals surface area contributed by atoms with Crippen molar-refractivity contribution in [3.05, 3.63) is 54.0 Å². The molecule has 0 amide bonds. The lowest BCUT2D eigenvalue weighted by molar-refractivity contribution is -0.154. The highest BCUT2D eigenvalue weighted by molar-refractivity contribution is 5.96. The molecule has 0 bridgehead atoms. The van der Waals surface area contributed by atoms with E-state index in [-0.39, 0.29) is 11.5 Å². The van der Waals surface area contributed by atoms with Crippen LogP contribution in [0.3, 0.4) is 0 Å². The van der Waals surface area contributed by atoms with Gasteiger partial charge in [0.1, 0.15) is 12.4 Å².